The number of hydrogen-bond donors (Lipinski definition) is 2. The monoisotopic (exact) mass is 393 g/mol. The molecular weight excluding hydrogens is 374 g/mol. The Bertz CT molecular complexity index is 885. The lowest BCUT2D eigenvalue weighted by atomic mass is 10.2. The van der Waals surface area contributed by atoms with E-state index in [2.05, 4.69) is 0 Å². The van der Waals surface area contributed by atoms with Crippen molar-refractivity contribution in [2.75, 3.05) is 6.54 Å². The largest absolute Gasteiger partial charge is 0.289 e. The van der Waals surface area contributed by atoms with E-state index in [9.17, 15) is 23.3 Å². The van der Waals surface area contributed by atoms with Gasteiger partial charge in [0.1, 0.15) is 0 Å². The Morgan fingerprint density at radius 3 is 2.26 bits per heavy atom. The second-order valence-electron chi connectivity index (χ2n) is 5.78. The number of amides is 1. The SMILES string of the molecule is O=C(CCN(Cc1ccc([N+](=O)[O-])cc1)S(=O)(=O)Cc1ccccc1)NO. The molecule has 0 aliphatic carbocycles. The first kappa shape index (κ1) is 20.5. The maximum Gasteiger partial charge on any atom is 0.269 e. The van der Waals surface area contributed by atoms with Gasteiger partial charge in [-0.25, -0.2) is 13.9 Å². The number of carbonyl (C=O) groups is 1. The summed E-state index contributed by atoms with van der Waals surface area (Å²) >= 11 is 0. The van der Waals surface area contributed by atoms with Crippen molar-refractivity contribution in [3.05, 3.63) is 75.8 Å². The molecule has 0 aliphatic heterocycles. The highest BCUT2D eigenvalue weighted by molar-refractivity contribution is 7.88. The highest BCUT2D eigenvalue weighted by Crippen LogP contribution is 2.18. The Morgan fingerprint density at radius 2 is 1.70 bits per heavy atom. The van der Waals surface area contributed by atoms with E-state index in [1.165, 1.54) is 29.7 Å². The third-order valence-electron chi connectivity index (χ3n) is 3.80. The lowest BCUT2D eigenvalue weighted by Crippen LogP contribution is -2.35. The van der Waals surface area contributed by atoms with Crippen LogP contribution in [-0.4, -0.2) is 35.3 Å². The van der Waals surface area contributed by atoms with Gasteiger partial charge in [0.15, 0.2) is 0 Å². The topological polar surface area (TPSA) is 130 Å². The summed E-state index contributed by atoms with van der Waals surface area (Å²) in [7, 11) is -3.77. The van der Waals surface area contributed by atoms with E-state index in [1.54, 1.807) is 30.3 Å². The first-order valence-electron chi connectivity index (χ1n) is 8.00. The number of carbonyl (C=O) groups excluding carboxylic acids is 1. The van der Waals surface area contributed by atoms with Gasteiger partial charge in [0.2, 0.25) is 15.9 Å². The minimum atomic E-state index is -3.77. The van der Waals surface area contributed by atoms with Gasteiger partial charge in [-0.15, -0.1) is 0 Å². The summed E-state index contributed by atoms with van der Waals surface area (Å²) in [6.07, 6.45) is -0.225. The molecule has 0 saturated heterocycles. The number of non-ortho nitro benzene ring substituents is 1. The summed E-state index contributed by atoms with van der Waals surface area (Å²) in [6, 6.07) is 14.1. The van der Waals surface area contributed by atoms with Gasteiger partial charge >= 0.3 is 0 Å². The maximum atomic E-state index is 12.8. The van der Waals surface area contributed by atoms with Crippen LogP contribution in [0.1, 0.15) is 17.5 Å². The Morgan fingerprint density at radius 1 is 1.07 bits per heavy atom. The van der Waals surface area contributed by atoms with Crippen molar-refractivity contribution < 1.29 is 23.3 Å². The van der Waals surface area contributed by atoms with Crippen molar-refractivity contribution >= 4 is 21.6 Å². The van der Waals surface area contributed by atoms with Crippen LogP contribution in [0, 0.1) is 10.1 Å². The lowest BCUT2D eigenvalue weighted by molar-refractivity contribution is -0.384. The summed E-state index contributed by atoms with van der Waals surface area (Å²) in [5, 5.41) is 19.4. The van der Waals surface area contributed by atoms with Crippen LogP contribution in [0.2, 0.25) is 0 Å². The fourth-order valence-corrected chi connectivity index (χ4v) is 3.91. The van der Waals surface area contributed by atoms with Crippen molar-refractivity contribution in [1.29, 1.82) is 0 Å². The molecule has 2 aromatic carbocycles. The Kier molecular flexibility index (Phi) is 6.99. The predicted octanol–water partition coefficient (Wildman–Crippen LogP) is 1.82. The summed E-state index contributed by atoms with van der Waals surface area (Å²) in [5.41, 5.74) is 2.51. The van der Waals surface area contributed by atoms with Crippen LogP contribution < -0.4 is 5.48 Å². The van der Waals surface area contributed by atoms with Crippen LogP contribution in [0.4, 0.5) is 5.69 Å². The van der Waals surface area contributed by atoms with Gasteiger partial charge in [-0.2, -0.15) is 4.31 Å². The molecule has 0 saturated carbocycles. The summed E-state index contributed by atoms with van der Waals surface area (Å²) in [4.78, 5) is 21.5. The van der Waals surface area contributed by atoms with Gasteiger partial charge in [-0.1, -0.05) is 42.5 Å². The fourth-order valence-electron chi connectivity index (χ4n) is 2.40. The molecule has 0 heterocycles. The standard InChI is InChI=1S/C17H19N3O6S/c21-17(18-22)10-11-19(12-14-6-8-16(9-7-14)20(23)24)27(25,26)13-15-4-2-1-3-5-15/h1-9,22H,10-13H2,(H,18,21). The van der Waals surface area contributed by atoms with Crippen molar-refractivity contribution in [3.63, 3.8) is 0 Å². The number of hydroxylamine groups is 1. The second-order valence-corrected chi connectivity index (χ2v) is 7.75. The first-order chi connectivity index (χ1) is 12.8. The zero-order valence-corrected chi connectivity index (χ0v) is 15.1. The molecule has 0 aliphatic rings. The third kappa shape index (κ3) is 6.13. The zero-order chi connectivity index (χ0) is 19.9. The van der Waals surface area contributed by atoms with Crippen molar-refractivity contribution in [2.45, 2.75) is 18.7 Å². The summed E-state index contributed by atoms with van der Waals surface area (Å²) < 4.78 is 26.7. The van der Waals surface area contributed by atoms with Gasteiger partial charge in [0.05, 0.1) is 10.7 Å². The number of hydrogen-bond acceptors (Lipinski definition) is 6. The number of nitro benzene ring substituents is 1. The van der Waals surface area contributed by atoms with E-state index in [4.69, 9.17) is 5.21 Å². The molecule has 144 valence electrons. The number of benzene rings is 2. The van der Waals surface area contributed by atoms with Crippen LogP contribution in [-0.2, 0) is 27.1 Å². The number of rotatable bonds is 9. The van der Waals surface area contributed by atoms with Crippen molar-refractivity contribution in [1.82, 2.24) is 9.79 Å². The average Bonchev–Trinajstić information content (AvgIpc) is 2.65. The van der Waals surface area contributed by atoms with E-state index in [0.717, 1.165) is 4.31 Å². The number of sulfonamides is 1. The molecule has 0 bridgehead atoms. The molecule has 0 atom stereocenters. The fraction of sp³-hybridized carbons (Fsp3) is 0.235. The predicted molar refractivity (Wildman–Crippen MR) is 97.1 cm³/mol. The molecule has 9 nitrogen and oxygen atoms in total. The molecule has 27 heavy (non-hydrogen) atoms. The molecule has 2 aromatic rings. The molecule has 2 N–H and O–H groups in total. The molecule has 0 fully saturated rings. The Balaban J connectivity index is 2.21. The summed E-state index contributed by atoms with van der Waals surface area (Å²) in [5.74, 6) is -0.958. The molecular formula is C17H19N3O6S. The molecule has 0 spiro atoms. The van der Waals surface area contributed by atoms with Crippen LogP contribution >= 0.6 is 0 Å². The van der Waals surface area contributed by atoms with Gasteiger partial charge in [-0.05, 0) is 11.1 Å². The Hall–Kier alpha value is -2.82. The molecule has 0 radical (unpaired) electrons. The van der Waals surface area contributed by atoms with Crippen molar-refractivity contribution in [2.24, 2.45) is 0 Å². The average molecular weight is 393 g/mol. The summed E-state index contributed by atoms with van der Waals surface area (Å²) in [6.45, 7) is -0.190. The van der Waals surface area contributed by atoms with Gasteiger partial charge in [0.25, 0.3) is 5.69 Å². The van der Waals surface area contributed by atoms with Crippen LogP contribution in [0.15, 0.2) is 54.6 Å². The van der Waals surface area contributed by atoms with Crippen LogP contribution in [0.3, 0.4) is 0 Å². The smallest absolute Gasteiger partial charge is 0.269 e. The molecule has 0 aromatic heterocycles. The van der Waals surface area contributed by atoms with Gasteiger partial charge in [-0.3, -0.25) is 20.1 Å². The lowest BCUT2D eigenvalue weighted by Gasteiger charge is -2.22. The maximum absolute atomic E-state index is 12.8. The number of nitrogens with one attached hydrogen (secondary N) is 1. The molecule has 1 amide bonds. The molecule has 2 rings (SSSR count). The van der Waals surface area contributed by atoms with E-state index in [1.807, 2.05) is 0 Å². The third-order valence-corrected chi connectivity index (χ3v) is 5.60. The normalized spacial score (nSPS) is 11.3. The van der Waals surface area contributed by atoms with E-state index >= 15 is 0 Å². The molecule has 0 unspecified atom stereocenters. The van der Waals surface area contributed by atoms with Crippen LogP contribution in [0.5, 0.6) is 0 Å². The van der Waals surface area contributed by atoms with Gasteiger partial charge in [0, 0.05) is 31.6 Å². The van der Waals surface area contributed by atoms with E-state index in [-0.39, 0.29) is 31.0 Å². The number of nitrogens with zero attached hydrogens (tertiary/aromatic N) is 2. The van der Waals surface area contributed by atoms with Gasteiger partial charge < -0.3 is 0 Å². The number of nitro groups is 1. The van der Waals surface area contributed by atoms with Crippen LogP contribution in [0.25, 0.3) is 0 Å². The highest BCUT2D eigenvalue weighted by Gasteiger charge is 2.24. The highest BCUT2D eigenvalue weighted by atomic mass is 32.2. The van der Waals surface area contributed by atoms with E-state index < -0.39 is 20.9 Å². The second kappa shape index (κ2) is 9.21. The quantitative estimate of drug-likeness (QED) is 0.380. The molecule has 10 heteroatoms. The minimum Gasteiger partial charge on any atom is -0.289 e. The minimum absolute atomic E-state index is 0.0497. The van der Waals surface area contributed by atoms with E-state index in [0.29, 0.717) is 11.1 Å². The Labute approximate surface area is 156 Å². The zero-order valence-electron chi connectivity index (χ0n) is 14.3. The van der Waals surface area contributed by atoms with Crippen molar-refractivity contribution in [3.8, 4) is 0 Å². The first-order valence-corrected chi connectivity index (χ1v) is 9.61.